The third-order valence-corrected chi connectivity index (χ3v) is 3.27. The van der Waals surface area contributed by atoms with E-state index in [4.69, 9.17) is 9.94 Å². The van der Waals surface area contributed by atoms with E-state index in [0.717, 1.165) is 0 Å². The molecule has 0 fully saturated rings. The number of aromatic carboxylic acids is 1. The van der Waals surface area contributed by atoms with Crippen molar-refractivity contribution in [1.82, 2.24) is 5.48 Å². The van der Waals surface area contributed by atoms with Gasteiger partial charge in [-0.3, -0.25) is 9.63 Å². The molecule has 0 saturated carbocycles. The number of carboxylic acids is 1. The Morgan fingerprint density at radius 1 is 0.852 bits per heavy atom. The van der Waals surface area contributed by atoms with Crippen molar-refractivity contribution in [3.63, 3.8) is 0 Å². The third kappa shape index (κ3) is 6.12. The highest BCUT2D eigenvalue weighted by molar-refractivity contribution is 6.07. The lowest BCUT2D eigenvalue weighted by Gasteiger charge is -2.19. The SMILES string of the molecule is CC(C)(C)ONC(=O)Nc1ccccc1NC(=O)c1ccc(C(=O)O)cc1. The van der Waals surface area contributed by atoms with E-state index in [-0.39, 0.29) is 11.1 Å². The molecule has 27 heavy (non-hydrogen) atoms. The van der Waals surface area contributed by atoms with Gasteiger partial charge in [0.05, 0.1) is 22.5 Å². The molecule has 0 saturated heterocycles. The number of nitrogens with one attached hydrogen (secondary N) is 3. The molecule has 0 bridgehead atoms. The number of anilines is 2. The predicted octanol–water partition coefficient (Wildman–Crippen LogP) is 3.49. The van der Waals surface area contributed by atoms with Crippen molar-refractivity contribution >= 4 is 29.3 Å². The van der Waals surface area contributed by atoms with Gasteiger partial charge in [0.25, 0.3) is 5.91 Å². The molecular formula is C19H21N3O5. The van der Waals surface area contributed by atoms with Gasteiger partial charge in [-0.25, -0.2) is 15.1 Å². The number of carboxylic acid groups (broad SMARTS) is 1. The van der Waals surface area contributed by atoms with Crippen LogP contribution in [0.4, 0.5) is 16.2 Å². The Morgan fingerprint density at radius 3 is 1.89 bits per heavy atom. The number of amides is 3. The Kier molecular flexibility index (Phi) is 6.15. The summed E-state index contributed by atoms with van der Waals surface area (Å²) in [7, 11) is 0. The van der Waals surface area contributed by atoms with E-state index >= 15 is 0 Å². The summed E-state index contributed by atoms with van der Waals surface area (Å²) < 4.78 is 0. The highest BCUT2D eigenvalue weighted by Crippen LogP contribution is 2.22. The first-order valence-corrected chi connectivity index (χ1v) is 8.14. The molecule has 0 heterocycles. The maximum atomic E-state index is 12.4. The van der Waals surface area contributed by atoms with Gasteiger partial charge in [-0.2, -0.15) is 0 Å². The molecule has 0 aromatic heterocycles. The minimum Gasteiger partial charge on any atom is -0.478 e. The van der Waals surface area contributed by atoms with E-state index in [2.05, 4.69) is 16.1 Å². The standard InChI is InChI=1S/C19H21N3O5/c1-19(2,3)27-22-18(26)21-15-7-5-4-6-14(15)20-16(23)12-8-10-13(11-9-12)17(24)25/h4-11H,1-3H3,(H,20,23)(H,24,25)(H2,21,22,26). The van der Waals surface area contributed by atoms with E-state index < -0.39 is 23.5 Å². The molecule has 4 N–H and O–H groups in total. The molecule has 0 aliphatic rings. The number of carbonyl (C=O) groups excluding carboxylic acids is 2. The van der Waals surface area contributed by atoms with Crippen LogP contribution in [-0.2, 0) is 4.84 Å². The molecule has 2 aromatic carbocycles. The topological polar surface area (TPSA) is 117 Å². The van der Waals surface area contributed by atoms with Crippen LogP contribution in [0.25, 0.3) is 0 Å². The fourth-order valence-electron chi connectivity index (χ4n) is 2.01. The second kappa shape index (κ2) is 8.33. The molecule has 0 unspecified atom stereocenters. The smallest absolute Gasteiger partial charge is 0.343 e. The minimum absolute atomic E-state index is 0.0872. The van der Waals surface area contributed by atoms with Crippen molar-refractivity contribution in [3.8, 4) is 0 Å². The van der Waals surface area contributed by atoms with Crippen LogP contribution in [0, 0.1) is 0 Å². The fraction of sp³-hybridized carbons (Fsp3) is 0.211. The van der Waals surface area contributed by atoms with Gasteiger partial charge in [-0.05, 0) is 57.2 Å². The number of hydroxylamine groups is 1. The van der Waals surface area contributed by atoms with E-state index in [1.54, 1.807) is 45.0 Å². The molecule has 2 aromatic rings. The molecule has 0 aliphatic heterocycles. The summed E-state index contributed by atoms with van der Waals surface area (Å²) >= 11 is 0. The molecule has 0 radical (unpaired) electrons. The number of urea groups is 1. The predicted molar refractivity (Wildman–Crippen MR) is 101 cm³/mol. The van der Waals surface area contributed by atoms with Crippen LogP contribution in [0.2, 0.25) is 0 Å². The normalized spacial score (nSPS) is 10.8. The summed E-state index contributed by atoms with van der Waals surface area (Å²) in [5, 5.41) is 14.2. The first-order valence-electron chi connectivity index (χ1n) is 8.14. The van der Waals surface area contributed by atoms with Gasteiger partial charge in [0.1, 0.15) is 0 Å². The summed E-state index contributed by atoms with van der Waals surface area (Å²) in [4.78, 5) is 40.4. The molecule has 8 heteroatoms. The van der Waals surface area contributed by atoms with Crippen LogP contribution < -0.4 is 16.1 Å². The molecule has 0 atom stereocenters. The number of hydrogen-bond donors (Lipinski definition) is 4. The second-order valence-corrected chi connectivity index (χ2v) is 6.65. The molecule has 142 valence electrons. The second-order valence-electron chi connectivity index (χ2n) is 6.65. The van der Waals surface area contributed by atoms with Crippen LogP contribution in [0.15, 0.2) is 48.5 Å². The van der Waals surface area contributed by atoms with Crippen LogP contribution in [0.1, 0.15) is 41.5 Å². The maximum absolute atomic E-state index is 12.4. The summed E-state index contributed by atoms with van der Waals surface area (Å²) in [6.45, 7) is 5.37. The van der Waals surface area contributed by atoms with Gasteiger partial charge < -0.3 is 15.7 Å². The van der Waals surface area contributed by atoms with Gasteiger partial charge >= 0.3 is 12.0 Å². The monoisotopic (exact) mass is 371 g/mol. The fourth-order valence-corrected chi connectivity index (χ4v) is 2.01. The van der Waals surface area contributed by atoms with Crippen molar-refractivity contribution in [2.24, 2.45) is 0 Å². The Hall–Kier alpha value is -3.39. The van der Waals surface area contributed by atoms with Crippen LogP contribution >= 0.6 is 0 Å². The van der Waals surface area contributed by atoms with Gasteiger partial charge in [0.2, 0.25) is 0 Å². The molecule has 3 amide bonds. The highest BCUT2D eigenvalue weighted by Gasteiger charge is 2.15. The Bertz CT molecular complexity index is 841. The van der Waals surface area contributed by atoms with Crippen molar-refractivity contribution in [1.29, 1.82) is 0 Å². The van der Waals surface area contributed by atoms with Gasteiger partial charge in [0, 0.05) is 5.56 Å². The average Bonchev–Trinajstić information content (AvgIpc) is 2.61. The van der Waals surface area contributed by atoms with Crippen LogP contribution in [0.3, 0.4) is 0 Å². The molecule has 0 aliphatic carbocycles. The zero-order valence-corrected chi connectivity index (χ0v) is 15.2. The number of para-hydroxylation sites is 2. The number of benzene rings is 2. The minimum atomic E-state index is -1.07. The first-order chi connectivity index (χ1) is 12.7. The lowest BCUT2D eigenvalue weighted by molar-refractivity contribution is -0.0505. The Morgan fingerprint density at radius 2 is 1.37 bits per heavy atom. The van der Waals surface area contributed by atoms with Gasteiger partial charge in [-0.1, -0.05) is 12.1 Å². The van der Waals surface area contributed by atoms with E-state index in [0.29, 0.717) is 11.4 Å². The lowest BCUT2D eigenvalue weighted by atomic mass is 10.1. The molecular weight excluding hydrogens is 350 g/mol. The zero-order valence-electron chi connectivity index (χ0n) is 15.2. The van der Waals surface area contributed by atoms with E-state index in [1.165, 1.54) is 24.3 Å². The van der Waals surface area contributed by atoms with E-state index in [9.17, 15) is 14.4 Å². The number of hydrogen-bond acceptors (Lipinski definition) is 4. The summed E-state index contributed by atoms with van der Waals surface area (Å²) in [5.41, 5.74) is 2.87. The van der Waals surface area contributed by atoms with Crippen LogP contribution in [-0.4, -0.2) is 28.6 Å². The summed E-state index contributed by atoms with van der Waals surface area (Å²) in [6, 6.07) is 11.6. The molecule has 8 nitrogen and oxygen atoms in total. The number of carbonyl (C=O) groups is 3. The van der Waals surface area contributed by atoms with Gasteiger partial charge in [0.15, 0.2) is 0 Å². The average molecular weight is 371 g/mol. The summed E-state index contributed by atoms with van der Waals surface area (Å²) in [5.74, 6) is -1.51. The first kappa shape index (κ1) is 19.9. The highest BCUT2D eigenvalue weighted by atomic mass is 16.7. The quantitative estimate of drug-likeness (QED) is 0.600. The van der Waals surface area contributed by atoms with Crippen molar-refractivity contribution < 1.29 is 24.3 Å². The Balaban J connectivity index is 2.07. The lowest BCUT2D eigenvalue weighted by Crippen LogP contribution is -2.36. The largest absolute Gasteiger partial charge is 0.478 e. The molecule has 2 rings (SSSR count). The summed E-state index contributed by atoms with van der Waals surface area (Å²) in [6.07, 6.45) is 0. The van der Waals surface area contributed by atoms with Crippen molar-refractivity contribution in [2.75, 3.05) is 10.6 Å². The third-order valence-electron chi connectivity index (χ3n) is 3.27. The maximum Gasteiger partial charge on any atom is 0.343 e. The van der Waals surface area contributed by atoms with Crippen LogP contribution in [0.5, 0.6) is 0 Å². The number of rotatable bonds is 5. The van der Waals surface area contributed by atoms with Crippen molar-refractivity contribution in [2.45, 2.75) is 26.4 Å². The van der Waals surface area contributed by atoms with Gasteiger partial charge in [-0.15, -0.1) is 0 Å². The Labute approximate surface area is 156 Å². The zero-order chi connectivity index (χ0) is 20.0. The molecule has 0 spiro atoms. The van der Waals surface area contributed by atoms with E-state index in [1.807, 2.05) is 0 Å². The van der Waals surface area contributed by atoms with Crippen molar-refractivity contribution in [3.05, 3.63) is 59.7 Å².